The van der Waals surface area contributed by atoms with Gasteiger partial charge in [0.1, 0.15) is 12.2 Å². The molecule has 0 bridgehead atoms. The van der Waals surface area contributed by atoms with Crippen molar-refractivity contribution in [1.29, 1.82) is 0 Å². The first-order valence-corrected chi connectivity index (χ1v) is 11.5. The zero-order chi connectivity index (χ0) is 21.8. The average Bonchev–Trinajstić information content (AvgIpc) is 2.71. The fourth-order valence-electron chi connectivity index (χ4n) is 5.11. The number of fused-ring (bicyclic) bond motifs is 1. The molecule has 0 aromatic rings. The fraction of sp³-hybridized carbons (Fsp3) is 0.750. The second kappa shape index (κ2) is 10.1. The summed E-state index contributed by atoms with van der Waals surface area (Å²) >= 11 is 0. The molecule has 0 unspecified atom stereocenters. The number of aliphatic hydroxyl groups excluding tert-OH is 1. The van der Waals surface area contributed by atoms with Crippen LogP contribution in [0.2, 0.25) is 0 Å². The minimum Gasteiger partial charge on any atom is -0.462 e. The van der Waals surface area contributed by atoms with Gasteiger partial charge in [0, 0.05) is 12.3 Å². The standard InChI is InChI=1S/C24H37NO5/c1-4-14(2)24(28)30-21-10-16(13-25)9-17-6-5-15(3)20(23(17)21)8-7-19-11-18(26)12-22(27)29-19/h5-6,9,14-16,18-21,23,26H,4,7-8,10-13,25H2,1-3H3/t14-,15-,16-,18+,19+,20-,21-,23-/m0/s1. The van der Waals surface area contributed by atoms with Gasteiger partial charge in [-0.25, -0.2) is 0 Å². The molecular formula is C24H37NO5. The molecule has 6 heteroatoms. The number of cyclic esters (lactones) is 1. The van der Waals surface area contributed by atoms with Crippen LogP contribution in [0.4, 0.5) is 0 Å². The molecule has 168 valence electrons. The number of nitrogens with two attached hydrogens (primary N) is 1. The minimum absolute atomic E-state index is 0.0860. The summed E-state index contributed by atoms with van der Waals surface area (Å²) in [7, 11) is 0. The van der Waals surface area contributed by atoms with E-state index in [1.54, 1.807) is 0 Å². The molecule has 0 spiro atoms. The van der Waals surface area contributed by atoms with Gasteiger partial charge in [0.2, 0.25) is 0 Å². The predicted octanol–water partition coefficient (Wildman–Crippen LogP) is 3.13. The van der Waals surface area contributed by atoms with Gasteiger partial charge in [0.15, 0.2) is 0 Å². The summed E-state index contributed by atoms with van der Waals surface area (Å²) in [6.07, 6.45) is 9.26. The molecule has 0 aromatic heterocycles. The molecule has 3 N–H and O–H groups in total. The Morgan fingerprint density at radius 1 is 1.37 bits per heavy atom. The summed E-state index contributed by atoms with van der Waals surface area (Å²) in [5, 5.41) is 9.91. The van der Waals surface area contributed by atoms with Crippen LogP contribution >= 0.6 is 0 Å². The topological polar surface area (TPSA) is 98.9 Å². The van der Waals surface area contributed by atoms with Crippen LogP contribution in [0.15, 0.2) is 23.8 Å². The van der Waals surface area contributed by atoms with Crippen LogP contribution in [-0.4, -0.2) is 41.9 Å². The van der Waals surface area contributed by atoms with Crippen LogP contribution in [0.1, 0.15) is 59.3 Å². The summed E-state index contributed by atoms with van der Waals surface area (Å²) in [6, 6.07) is 0. The zero-order valence-electron chi connectivity index (χ0n) is 18.5. The second-order valence-electron chi connectivity index (χ2n) is 9.37. The van der Waals surface area contributed by atoms with E-state index in [1.807, 2.05) is 13.8 Å². The monoisotopic (exact) mass is 419 g/mol. The molecule has 30 heavy (non-hydrogen) atoms. The maximum Gasteiger partial charge on any atom is 0.308 e. The van der Waals surface area contributed by atoms with Crippen molar-refractivity contribution in [2.75, 3.05) is 6.54 Å². The quantitative estimate of drug-likeness (QED) is 0.615. The van der Waals surface area contributed by atoms with Gasteiger partial charge >= 0.3 is 11.9 Å². The molecule has 0 radical (unpaired) electrons. The Morgan fingerprint density at radius 2 is 2.13 bits per heavy atom. The highest BCUT2D eigenvalue weighted by Crippen LogP contribution is 2.45. The number of ether oxygens (including phenoxy) is 2. The average molecular weight is 420 g/mol. The van der Waals surface area contributed by atoms with Gasteiger partial charge in [-0.1, -0.05) is 39.0 Å². The van der Waals surface area contributed by atoms with Gasteiger partial charge in [0.05, 0.1) is 18.4 Å². The number of esters is 2. The Balaban J connectivity index is 1.77. The maximum absolute atomic E-state index is 12.6. The molecule has 6 nitrogen and oxygen atoms in total. The molecule has 3 rings (SSSR count). The minimum atomic E-state index is -0.611. The maximum atomic E-state index is 12.6. The molecule has 0 amide bonds. The number of aliphatic hydroxyl groups is 1. The van der Waals surface area contributed by atoms with Crippen LogP contribution in [-0.2, 0) is 19.1 Å². The highest BCUT2D eigenvalue weighted by atomic mass is 16.5. The summed E-state index contributed by atoms with van der Waals surface area (Å²) in [5.41, 5.74) is 7.18. The van der Waals surface area contributed by atoms with Gasteiger partial charge < -0.3 is 20.3 Å². The van der Waals surface area contributed by atoms with Gasteiger partial charge in [-0.2, -0.15) is 0 Å². The van der Waals surface area contributed by atoms with Crippen LogP contribution in [0, 0.1) is 29.6 Å². The molecule has 0 aromatic carbocycles. The van der Waals surface area contributed by atoms with E-state index in [4.69, 9.17) is 15.2 Å². The molecule has 1 heterocycles. The van der Waals surface area contributed by atoms with E-state index in [1.165, 1.54) is 5.57 Å². The van der Waals surface area contributed by atoms with Crippen LogP contribution in [0.5, 0.6) is 0 Å². The Morgan fingerprint density at radius 3 is 2.80 bits per heavy atom. The Hall–Kier alpha value is -1.66. The van der Waals surface area contributed by atoms with E-state index >= 15 is 0 Å². The SMILES string of the molecule is CC[C@H](C)C(=O)O[C@H]1C[C@@H](CN)C=C2C=C[C@H](C)[C@H](CC[C@@H]3C[C@@H](O)CC(=O)O3)[C@H]21. The highest BCUT2D eigenvalue weighted by Gasteiger charge is 2.42. The van der Waals surface area contributed by atoms with E-state index in [2.05, 4.69) is 25.2 Å². The summed E-state index contributed by atoms with van der Waals surface area (Å²) in [5.74, 6) is 0.380. The van der Waals surface area contributed by atoms with Crippen molar-refractivity contribution in [2.45, 2.75) is 77.6 Å². The Bertz CT molecular complexity index is 687. The van der Waals surface area contributed by atoms with Crippen LogP contribution in [0.25, 0.3) is 0 Å². The molecular weight excluding hydrogens is 382 g/mol. The number of hydrogen-bond acceptors (Lipinski definition) is 6. The largest absolute Gasteiger partial charge is 0.462 e. The lowest BCUT2D eigenvalue weighted by Crippen LogP contribution is -2.43. The Kier molecular flexibility index (Phi) is 7.75. The fourth-order valence-corrected chi connectivity index (χ4v) is 5.11. The van der Waals surface area contributed by atoms with E-state index in [0.717, 1.165) is 19.3 Å². The van der Waals surface area contributed by atoms with Crippen molar-refractivity contribution in [3.8, 4) is 0 Å². The molecule has 1 saturated heterocycles. The smallest absolute Gasteiger partial charge is 0.308 e. The number of carbonyl (C=O) groups excluding carboxylic acids is 2. The lowest BCUT2D eigenvalue weighted by Gasteiger charge is -2.44. The van der Waals surface area contributed by atoms with E-state index in [0.29, 0.717) is 25.3 Å². The molecule has 1 aliphatic heterocycles. The summed E-state index contributed by atoms with van der Waals surface area (Å²) < 4.78 is 11.5. The normalized spacial score (nSPS) is 37.0. The van der Waals surface area contributed by atoms with Crippen molar-refractivity contribution >= 4 is 11.9 Å². The third-order valence-corrected chi connectivity index (χ3v) is 7.12. The Labute approximate surface area is 179 Å². The third kappa shape index (κ3) is 5.33. The number of allylic oxidation sites excluding steroid dienone is 2. The van der Waals surface area contributed by atoms with Gasteiger partial charge in [-0.15, -0.1) is 0 Å². The number of rotatable bonds is 7. The molecule has 3 aliphatic rings. The summed E-state index contributed by atoms with van der Waals surface area (Å²) in [4.78, 5) is 24.3. The third-order valence-electron chi connectivity index (χ3n) is 7.12. The van der Waals surface area contributed by atoms with Gasteiger partial charge in [0.25, 0.3) is 0 Å². The van der Waals surface area contributed by atoms with Crippen LogP contribution in [0.3, 0.4) is 0 Å². The highest BCUT2D eigenvalue weighted by molar-refractivity contribution is 5.72. The van der Waals surface area contributed by atoms with Gasteiger partial charge in [-0.3, -0.25) is 9.59 Å². The van der Waals surface area contributed by atoms with Crippen molar-refractivity contribution in [1.82, 2.24) is 0 Å². The summed E-state index contributed by atoms with van der Waals surface area (Å²) in [6.45, 7) is 6.64. The van der Waals surface area contributed by atoms with Crippen molar-refractivity contribution in [3.63, 3.8) is 0 Å². The second-order valence-corrected chi connectivity index (χ2v) is 9.37. The zero-order valence-corrected chi connectivity index (χ0v) is 18.5. The number of hydrogen-bond donors (Lipinski definition) is 2. The first-order valence-electron chi connectivity index (χ1n) is 11.5. The predicted molar refractivity (Wildman–Crippen MR) is 114 cm³/mol. The first kappa shape index (κ1) is 23.0. The van der Waals surface area contributed by atoms with Crippen molar-refractivity contribution < 1.29 is 24.2 Å². The van der Waals surface area contributed by atoms with E-state index in [9.17, 15) is 14.7 Å². The lowest BCUT2D eigenvalue weighted by molar-refractivity contribution is -0.162. The molecule has 2 aliphatic carbocycles. The van der Waals surface area contributed by atoms with Crippen molar-refractivity contribution in [3.05, 3.63) is 23.8 Å². The van der Waals surface area contributed by atoms with E-state index < -0.39 is 6.10 Å². The first-order chi connectivity index (χ1) is 14.3. The molecule has 0 saturated carbocycles. The molecule has 8 atom stereocenters. The van der Waals surface area contributed by atoms with E-state index in [-0.39, 0.29) is 54.2 Å². The lowest BCUT2D eigenvalue weighted by atomic mass is 9.65. The van der Waals surface area contributed by atoms with Gasteiger partial charge in [-0.05, 0) is 55.6 Å². The molecule has 1 fully saturated rings. The van der Waals surface area contributed by atoms with Crippen molar-refractivity contribution in [2.24, 2.45) is 35.3 Å². The number of carbonyl (C=O) groups is 2. The van der Waals surface area contributed by atoms with Crippen LogP contribution < -0.4 is 5.73 Å².